The number of rotatable bonds is 2. The minimum atomic E-state index is -0.453. The number of benzene rings is 1. The molecule has 0 fully saturated rings. The molecular formula is C9H7BrN4O2. The highest BCUT2D eigenvalue weighted by Gasteiger charge is 2.12. The summed E-state index contributed by atoms with van der Waals surface area (Å²) in [5, 5.41) is 14.6. The molecule has 6 nitrogen and oxygen atoms in total. The monoisotopic (exact) mass is 282 g/mol. The van der Waals surface area contributed by atoms with E-state index in [1.54, 1.807) is 29.1 Å². The minimum absolute atomic E-state index is 0.0175. The molecule has 0 unspecified atom stereocenters. The molecule has 2 rings (SSSR count). The van der Waals surface area contributed by atoms with Gasteiger partial charge in [0.25, 0.3) is 5.69 Å². The van der Waals surface area contributed by atoms with Gasteiger partial charge in [-0.25, -0.2) is 4.68 Å². The van der Waals surface area contributed by atoms with E-state index in [9.17, 15) is 10.1 Å². The van der Waals surface area contributed by atoms with Crippen LogP contribution < -0.4 is 5.73 Å². The Morgan fingerprint density at radius 2 is 2.19 bits per heavy atom. The molecule has 1 aromatic heterocycles. The van der Waals surface area contributed by atoms with Crippen LogP contribution in [0.25, 0.3) is 5.69 Å². The smallest absolute Gasteiger partial charge is 0.283 e. The molecule has 2 aromatic rings. The second-order valence-electron chi connectivity index (χ2n) is 3.08. The third-order valence-electron chi connectivity index (χ3n) is 2.00. The zero-order chi connectivity index (χ0) is 11.7. The summed E-state index contributed by atoms with van der Waals surface area (Å²) >= 11 is 3.14. The molecule has 82 valence electrons. The van der Waals surface area contributed by atoms with Gasteiger partial charge in [-0.1, -0.05) is 0 Å². The van der Waals surface area contributed by atoms with Crippen molar-refractivity contribution in [3.05, 3.63) is 45.0 Å². The quantitative estimate of drug-likeness (QED) is 0.675. The lowest BCUT2D eigenvalue weighted by molar-refractivity contribution is -0.385. The Balaban J connectivity index is 2.45. The van der Waals surface area contributed by atoms with Crippen LogP contribution in [0.15, 0.2) is 34.9 Å². The number of hydrogen-bond acceptors (Lipinski definition) is 4. The van der Waals surface area contributed by atoms with Crippen molar-refractivity contribution in [3.8, 4) is 5.69 Å². The van der Waals surface area contributed by atoms with E-state index in [0.717, 1.165) is 0 Å². The van der Waals surface area contributed by atoms with Crippen molar-refractivity contribution in [2.24, 2.45) is 0 Å². The number of nitrogen functional groups attached to an aromatic ring is 1. The Bertz CT molecular complexity index is 552. The fourth-order valence-electron chi connectivity index (χ4n) is 1.27. The maximum Gasteiger partial charge on any atom is 0.283 e. The highest BCUT2D eigenvalue weighted by molar-refractivity contribution is 9.10. The Morgan fingerprint density at radius 1 is 1.44 bits per heavy atom. The van der Waals surface area contributed by atoms with Gasteiger partial charge in [0.1, 0.15) is 5.82 Å². The Hall–Kier alpha value is -1.89. The van der Waals surface area contributed by atoms with Crippen molar-refractivity contribution in [1.29, 1.82) is 0 Å². The second kappa shape index (κ2) is 3.93. The standard InChI is InChI=1S/C9H7BrN4O2/c10-7-5-6(1-2-8(7)14(15)16)13-4-3-9(11)12-13/h1-5H,(H2,11,12). The fraction of sp³-hybridized carbons (Fsp3) is 0. The zero-order valence-electron chi connectivity index (χ0n) is 8.00. The number of hydrogen-bond donors (Lipinski definition) is 1. The third-order valence-corrected chi connectivity index (χ3v) is 2.64. The normalized spacial score (nSPS) is 10.3. The number of nitrogens with zero attached hydrogens (tertiary/aromatic N) is 3. The van der Waals surface area contributed by atoms with Crippen molar-refractivity contribution in [2.45, 2.75) is 0 Å². The number of nitro benzene ring substituents is 1. The van der Waals surface area contributed by atoms with Gasteiger partial charge < -0.3 is 5.73 Å². The molecule has 0 saturated heterocycles. The van der Waals surface area contributed by atoms with Gasteiger partial charge in [0.05, 0.1) is 15.1 Å². The van der Waals surface area contributed by atoms with Crippen molar-refractivity contribution in [3.63, 3.8) is 0 Å². The van der Waals surface area contributed by atoms with Gasteiger partial charge >= 0.3 is 0 Å². The van der Waals surface area contributed by atoms with Crippen LogP contribution in [0.2, 0.25) is 0 Å². The summed E-state index contributed by atoms with van der Waals surface area (Å²) in [4.78, 5) is 10.2. The largest absolute Gasteiger partial charge is 0.382 e. The SMILES string of the molecule is Nc1ccn(-c2ccc([N+](=O)[O-])c(Br)c2)n1. The van der Waals surface area contributed by atoms with Crippen LogP contribution in [0.4, 0.5) is 11.5 Å². The molecule has 0 aliphatic heterocycles. The number of anilines is 1. The number of nitrogens with two attached hydrogens (primary N) is 1. The Morgan fingerprint density at radius 3 is 2.69 bits per heavy atom. The van der Waals surface area contributed by atoms with Crippen LogP contribution >= 0.6 is 15.9 Å². The average Bonchev–Trinajstić information content (AvgIpc) is 2.64. The highest BCUT2D eigenvalue weighted by Crippen LogP contribution is 2.26. The van der Waals surface area contributed by atoms with Crippen LogP contribution in [0.1, 0.15) is 0 Å². The first-order chi connectivity index (χ1) is 7.58. The number of nitro groups is 1. The highest BCUT2D eigenvalue weighted by atomic mass is 79.9. The molecule has 0 atom stereocenters. The predicted octanol–water partition coefficient (Wildman–Crippen LogP) is 2.13. The molecule has 16 heavy (non-hydrogen) atoms. The maximum atomic E-state index is 10.6. The van der Waals surface area contributed by atoms with E-state index in [-0.39, 0.29) is 5.69 Å². The van der Waals surface area contributed by atoms with Crippen LogP contribution in [0.3, 0.4) is 0 Å². The molecule has 0 aliphatic carbocycles. The van der Waals surface area contributed by atoms with Crippen molar-refractivity contribution < 1.29 is 4.92 Å². The molecule has 7 heteroatoms. The number of aromatic nitrogens is 2. The summed E-state index contributed by atoms with van der Waals surface area (Å²) in [7, 11) is 0. The molecule has 0 amide bonds. The molecule has 0 bridgehead atoms. The lowest BCUT2D eigenvalue weighted by atomic mass is 10.3. The predicted molar refractivity (Wildman–Crippen MR) is 62.3 cm³/mol. The van der Waals surface area contributed by atoms with E-state index >= 15 is 0 Å². The van der Waals surface area contributed by atoms with Gasteiger partial charge in [-0.15, -0.1) is 0 Å². The first-order valence-electron chi connectivity index (χ1n) is 4.33. The lowest BCUT2D eigenvalue weighted by Crippen LogP contribution is -1.97. The van der Waals surface area contributed by atoms with Gasteiger partial charge in [-0.2, -0.15) is 5.10 Å². The van der Waals surface area contributed by atoms with E-state index in [1.807, 2.05) is 0 Å². The van der Waals surface area contributed by atoms with E-state index in [1.165, 1.54) is 6.07 Å². The average molecular weight is 283 g/mol. The number of halogens is 1. The molecule has 0 radical (unpaired) electrons. The van der Waals surface area contributed by atoms with Crippen LogP contribution in [-0.2, 0) is 0 Å². The molecule has 0 spiro atoms. The van der Waals surface area contributed by atoms with Gasteiger partial charge in [-0.05, 0) is 28.1 Å². The van der Waals surface area contributed by atoms with Crippen LogP contribution in [-0.4, -0.2) is 14.7 Å². The van der Waals surface area contributed by atoms with E-state index in [0.29, 0.717) is 16.0 Å². The molecular weight excluding hydrogens is 276 g/mol. The van der Waals surface area contributed by atoms with Gasteiger partial charge in [0, 0.05) is 18.3 Å². The Labute approximate surface area is 99.0 Å². The molecule has 1 aromatic carbocycles. The molecule has 0 aliphatic rings. The zero-order valence-corrected chi connectivity index (χ0v) is 9.59. The lowest BCUT2D eigenvalue weighted by Gasteiger charge is -2.02. The van der Waals surface area contributed by atoms with Crippen molar-refractivity contribution in [1.82, 2.24) is 9.78 Å². The van der Waals surface area contributed by atoms with Gasteiger partial charge in [-0.3, -0.25) is 10.1 Å². The first-order valence-corrected chi connectivity index (χ1v) is 5.12. The van der Waals surface area contributed by atoms with Crippen LogP contribution in [0.5, 0.6) is 0 Å². The van der Waals surface area contributed by atoms with Gasteiger partial charge in [0.15, 0.2) is 0 Å². The first kappa shape index (κ1) is 10.6. The molecule has 0 saturated carbocycles. The van der Waals surface area contributed by atoms with E-state index < -0.39 is 4.92 Å². The van der Waals surface area contributed by atoms with E-state index in [4.69, 9.17) is 5.73 Å². The van der Waals surface area contributed by atoms with Gasteiger partial charge in [0.2, 0.25) is 0 Å². The van der Waals surface area contributed by atoms with Crippen molar-refractivity contribution >= 4 is 27.4 Å². The second-order valence-corrected chi connectivity index (χ2v) is 3.93. The molecule has 2 N–H and O–H groups in total. The summed E-state index contributed by atoms with van der Waals surface area (Å²) in [5.41, 5.74) is 6.20. The minimum Gasteiger partial charge on any atom is -0.382 e. The van der Waals surface area contributed by atoms with Crippen molar-refractivity contribution in [2.75, 3.05) is 5.73 Å². The molecule has 1 heterocycles. The Kier molecular flexibility index (Phi) is 2.61. The topological polar surface area (TPSA) is 87.0 Å². The summed E-state index contributed by atoms with van der Waals surface area (Å²) in [5.74, 6) is 0.398. The van der Waals surface area contributed by atoms with E-state index in [2.05, 4.69) is 21.0 Å². The maximum absolute atomic E-state index is 10.6. The summed E-state index contributed by atoms with van der Waals surface area (Å²) in [6.45, 7) is 0. The van der Waals surface area contributed by atoms with Crippen LogP contribution in [0, 0.1) is 10.1 Å². The third kappa shape index (κ3) is 1.89. The summed E-state index contributed by atoms with van der Waals surface area (Å²) in [6.07, 6.45) is 1.68. The summed E-state index contributed by atoms with van der Waals surface area (Å²) in [6, 6.07) is 6.28. The fourth-order valence-corrected chi connectivity index (χ4v) is 1.78. The summed E-state index contributed by atoms with van der Waals surface area (Å²) < 4.78 is 1.95.